The molecule has 1 atom stereocenters. The Morgan fingerprint density at radius 1 is 1.14 bits per heavy atom. The van der Waals surface area contributed by atoms with E-state index in [0.717, 1.165) is 5.56 Å². The predicted octanol–water partition coefficient (Wildman–Crippen LogP) is 3.31. The van der Waals surface area contributed by atoms with Gasteiger partial charge >= 0.3 is 0 Å². The van der Waals surface area contributed by atoms with Gasteiger partial charge in [0.15, 0.2) is 17.2 Å². The van der Waals surface area contributed by atoms with Gasteiger partial charge in [0.2, 0.25) is 0 Å². The van der Waals surface area contributed by atoms with Crippen LogP contribution in [0.25, 0.3) is 22.4 Å². The van der Waals surface area contributed by atoms with Crippen LogP contribution in [0.3, 0.4) is 0 Å². The van der Waals surface area contributed by atoms with E-state index in [2.05, 4.69) is 15.1 Å². The summed E-state index contributed by atoms with van der Waals surface area (Å²) in [5.41, 5.74) is 3.38. The van der Waals surface area contributed by atoms with Gasteiger partial charge in [-0.1, -0.05) is 0 Å². The van der Waals surface area contributed by atoms with Gasteiger partial charge < -0.3 is 23.9 Å². The molecule has 0 saturated heterocycles. The number of hydrogen-bond donors (Lipinski definition) is 1. The van der Waals surface area contributed by atoms with Gasteiger partial charge in [0, 0.05) is 30.4 Å². The molecule has 37 heavy (non-hydrogen) atoms. The fourth-order valence-corrected chi connectivity index (χ4v) is 3.89. The molecule has 4 rings (SSSR count). The molecule has 4 aromatic rings. The molecule has 3 heterocycles. The maximum Gasteiger partial charge on any atom is 0.191 e. The Kier molecular flexibility index (Phi) is 7.84. The maximum absolute atomic E-state index is 15.4. The Morgan fingerprint density at radius 3 is 2.54 bits per heavy atom. The second-order valence-corrected chi connectivity index (χ2v) is 8.89. The molecular formula is C26H31FN6O4. The smallest absolute Gasteiger partial charge is 0.191 e. The first kappa shape index (κ1) is 26.2. The van der Waals surface area contributed by atoms with E-state index in [-0.39, 0.29) is 30.7 Å². The highest BCUT2D eigenvalue weighted by Crippen LogP contribution is 2.37. The van der Waals surface area contributed by atoms with Gasteiger partial charge in [-0.2, -0.15) is 5.10 Å². The Labute approximate surface area is 214 Å². The number of rotatable bonds is 9. The summed E-state index contributed by atoms with van der Waals surface area (Å²) in [4.78, 5) is 14.0. The number of nitrogens with zero attached hydrogens (tertiary/aromatic N) is 6. The number of hydrogen-bond acceptors (Lipinski definition) is 8. The normalized spacial score (nSPS) is 12.9. The van der Waals surface area contributed by atoms with Crippen molar-refractivity contribution in [2.24, 2.45) is 12.0 Å². The van der Waals surface area contributed by atoms with Crippen molar-refractivity contribution in [2.45, 2.75) is 39.5 Å². The zero-order valence-electron chi connectivity index (χ0n) is 21.8. The topological polar surface area (TPSA) is 109 Å². The molecule has 0 radical (unpaired) electrons. The molecule has 0 aliphatic rings. The fourth-order valence-electron chi connectivity index (χ4n) is 3.89. The molecule has 10 nitrogen and oxygen atoms in total. The summed E-state index contributed by atoms with van der Waals surface area (Å²) in [5.74, 6) is -0.169. The van der Waals surface area contributed by atoms with Gasteiger partial charge in [-0.3, -0.25) is 9.67 Å². The molecule has 1 N–H and O–H groups in total. The van der Waals surface area contributed by atoms with Crippen LogP contribution in [0.2, 0.25) is 0 Å². The quantitative estimate of drug-likeness (QED) is 0.368. The fraction of sp³-hybridized carbons (Fsp3) is 0.385. The zero-order chi connectivity index (χ0) is 26.7. The Hall–Kier alpha value is -3.83. The highest BCUT2D eigenvalue weighted by Gasteiger charge is 2.18. The first-order valence-electron chi connectivity index (χ1n) is 11.8. The van der Waals surface area contributed by atoms with E-state index in [1.54, 1.807) is 40.7 Å². The van der Waals surface area contributed by atoms with Crippen molar-refractivity contribution >= 4 is 16.9 Å². The van der Waals surface area contributed by atoms with Crippen molar-refractivity contribution < 1.29 is 23.7 Å². The molecule has 0 fully saturated rings. The Bertz CT molecular complexity index is 1450. The molecule has 0 bridgehead atoms. The number of pyridine rings is 1. The molecule has 3 aromatic heterocycles. The van der Waals surface area contributed by atoms with Crippen LogP contribution in [0.5, 0.6) is 11.5 Å². The van der Waals surface area contributed by atoms with Crippen LogP contribution in [0, 0.1) is 12.7 Å². The standard InChI is InChI=1S/C26H31FN6O4/c1-15(2)37-14-18(34)13-33-23(31-25-16(3)21(35-5)9-22(36-6)24(25)27)8-7-19-26(33)30-20(11-28-19)17-10-29-32(4)12-17/h7-12,15,18,34H,13-14H2,1-6H3/b31-23+. The van der Waals surface area contributed by atoms with Crippen LogP contribution in [0.1, 0.15) is 19.4 Å². The number of methoxy groups -OCH3 is 2. The maximum atomic E-state index is 15.4. The van der Waals surface area contributed by atoms with Crippen molar-refractivity contribution in [1.82, 2.24) is 24.3 Å². The SMILES string of the molecule is COc1cc(OC)c(F)c(/N=c2\ccc3ncc(-c4cnn(C)c4)nc3n2CC(O)COC(C)C)c1C. The molecule has 0 aliphatic heterocycles. The van der Waals surface area contributed by atoms with Gasteiger partial charge in [0.25, 0.3) is 0 Å². The molecule has 11 heteroatoms. The predicted molar refractivity (Wildman–Crippen MR) is 136 cm³/mol. The molecule has 196 valence electrons. The average molecular weight is 511 g/mol. The van der Waals surface area contributed by atoms with E-state index >= 15 is 4.39 Å². The van der Waals surface area contributed by atoms with Crippen LogP contribution in [0.4, 0.5) is 10.1 Å². The van der Waals surface area contributed by atoms with Crippen LogP contribution in [-0.4, -0.2) is 62.5 Å². The van der Waals surface area contributed by atoms with E-state index in [1.165, 1.54) is 20.3 Å². The summed E-state index contributed by atoms with van der Waals surface area (Å²) >= 11 is 0. The van der Waals surface area contributed by atoms with E-state index in [0.29, 0.717) is 33.7 Å². The third kappa shape index (κ3) is 5.62. The molecule has 0 saturated carbocycles. The third-order valence-electron chi connectivity index (χ3n) is 5.80. The largest absolute Gasteiger partial charge is 0.496 e. The number of aliphatic hydroxyl groups excluding tert-OH is 1. The van der Waals surface area contributed by atoms with Crippen LogP contribution in [-0.2, 0) is 18.3 Å². The minimum Gasteiger partial charge on any atom is -0.496 e. The lowest BCUT2D eigenvalue weighted by molar-refractivity contribution is -0.000711. The average Bonchev–Trinajstić information content (AvgIpc) is 3.32. The number of aryl methyl sites for hydroxylation is 1. The number of aromatic nitrogens is 5. The summed E-state index contributed by atoms with van der Waals surface area (Å²) in [5, 5.41) is 15.0. The van der Waals surface area contributed by atoms with Gasteiger partial charge in [-0.25, -0.2) is 14.4 Å². The minimum atomic E-state index is -0.874. The van der Waals surface area contributed by atoms with E-state index < -0.39 is 11.9 Å². The Morgan fingerprint density at radius 2 is 1.89 bits per heavy atom. The number of fused-ring (bicyclic) bond motifs is 1. The first-order chi connectivity index (χ1) is 17.7. The van der Waals surface area contributed by atoms with Crippen molar-refractivity contribution in [3.8, 4) is 22.8 Å². The van der Waals surface area contributed by atoms with Crippen LogP contribution in [0.15, 0.2) is 41.8 Å². The second kappa shape index (κ2) is 11.1. The second-order valence-electron chi connectivity index (χ2n) is 8.89. The molecular weight excluding hydrogens is 479 g/mol. The van der Waals surface area contributed by atoms with Crippen LogP contribution < -0.4 is 15.0 Å². The molecule has 0 spiro atoms. The Balaban J connectivity index is 1.95. The van der Waals surface area contributed by atoms with Crippen molar-refractivity contribution in [3.05, 3.63) is 53.7 Å². The van der Waals surface area contributed by atoms with Gasteiger partial charge in [0.1, 0.15) is 22.4 Å². The molecule has 0 amide bonds. The van der Waals surface area contributed by atoms with E-state index in [9.17, 15) is 5.11 Å². The van der Waals surface area contributed by atoms with Crippen molar-refractivity contribution in [1.29, 1.82) is 0 Å². The number of aliphatic hydroxyl groups is 1. The number of halogens is 1. The van der Waals surface area contributed by atoms with Gasteiger partial charge in [0.05, 0.1) is 57.7 Å². The monoisotopic (exact) mass is 510 g/mol. The number of benzene rings is 1. The lowest BCUT2D eigenvalue weighted by Crippen LogP contribution is -2.31. The third-order valence-corrected chi connectivity index (χ3v) is 5.80. The van der Waals surface area contributed by atoms with Crippen molar-refractivity contribution in [3.63, 3.8) is 0 Å². The molecule has 0 aliphatic carbocycles. The number of ether oxygens (including phenoxy) is 3. The lowest BCUT2D eigenvalue weighted by atomic mass is 10.1. The highest BCUT2D eigenvalue weighted by molar-refractivity contribution is 5.73. The summed E-state index contributed by atoms with van der Waals surface area (Å²) in [6, 6.07) is 4.95. The van der Waals surface area contributed by atoms with Gasteiger partial charge in [-0.05, 0) is 32.9 Å². The molecule has 1 unspecified atom stereocenters. The lowest BCUT2D eigenvalue weighted by Gasteiger charge is -2.18. The zero-order valence-corrected chi connectivity index (χ0v) is 21.8. The highest BCUT2D eigenvalue weighted by atomic mass is 19.1. The van der Waals surface area contributed by atoms with E-state index in [1.807, 2.05) is 27.1 Å². The summed E-state index contributed by atoms with van der Waals surface area (Å²) in [6.07, 6.45) is 4.27. The minimum absolute atomic E-state index is 0.0116. The summed E-state index contributed by atoms with van der Waals surface area (Å²) < 4.78 is 34.9. The van der Waals surface area contributed by atoms with Crippen molar-refractivity contribution in [2.75, 3.05) is 20.8 Å². The van der Waals surface area contributed by atoms with Crippen LogP contribution >= 0.6 is 0 Å². The van der Waals surface area contributed by atoms with E-state index in [4.69, 9.17) is 19.2 Å². The summed E-state index contributed by atoms with van der Waals surface area (Å²) in [6.45, 7) is 5.71. The first-order valence-corrected chi connectivity index (χ1v) is 11.8. The summed E-state index contributed by atoms with van der Waals surface area (Å²) in [7, 11) is 4.70. The molecule has 1 aromatic carbocycles. The van der Waals surface area contributed by atoms with Gasteiger partial charge in [-0.15, -0.1) is 0 Å².